The molecule has 0 spiro atoms. The van der Waals surface area contributed by atoms with Gasteiger partial charge in [0.05, 0.1) is 10.9 Å². The second-order valence-electron chi connectivity index (χ2n) is 4.97. The zero-order chi connectivity index (χ0) is 15.4. The fourth-order valence-corrected chi connectivity index (χ4v) is 3.16. The van der Waals surface area contributed by atoms with Crippen molar-refractivity contribution >= 4 is 34.5 Å². The monoisotopic (exact) mass is 322 g/mol. The number of amides is 1. The SMILES string of the molecule is CCN(Cc1ccc(Cl)s1)C(=O)c1cccc(N(C)C)c1. The van der Waals surface area contributed by atoms with Gasteiger partial charge in [-0.25, -0.2) is 0 Å². The summed E-state index contributed by atoms with van der Waals surface area (Å²) in [6, 6.07) is 11.5. The Balaban J connectivity index is 2.17. The van der Waals surface area contributed by atoms with Gasteiger partial charge in [0, 0.05) is 36.8 Å². The molecule has 1 aromatic heterocycles. The Morgan fingerprint density at radius 1 is 1.24 bits per heavy atom. The van der Waals surface area contributed by atoms with Crippen LogP contribution >= 0.6 is 22.9 Å². The highest BCUT2D eigenvalue weighted by molar-refractivity contribution is 7.16. The first-order valence-electron chi connectivity index (χ1n) is 6.82. The van der Waals surface area contributed by atoms with E-state index >= 15 is 0 Å². The summed E-state index contributed by atoms with van der Waals surface area (Å²) in [6.45, 7) is 3.25. The average Bonchev–Trinajstić information content (AvgIpc) is 2.89. The molecule has 0 N–H and O–H groups in total. The van der Waals surface area contributed by atoms with E-state index in [0.29, 0.717) is 18.7 Å². The molecule has 1 amide bonds. The number of hydrogen-bond acceptors (Lipinski definition) is 3. The Labute approximate surface area is 134 Å². The van der Waals surface area contributed by atoms with Crippen LogP contribution in [-0.4, -0.2) is 31.4 Å². The fraction of sp³-hybridized carbons (Fsp3) is 0.312. The summed E-state index contributed by atoms with van der Waals surface area (Å²) in [4.78, 5) is 17.6. The smallest absolute Gasteiger partial charge is 0.254 e. The Kier molecular flexibility index (Phi) is 5.26. The van der Waals surface area contributed by atoms with Gasteiger partial charge in [0.1, 0.15) is 0 Å². The van der Waals surface area contributed by atoms with Crippen LogP contribution in [0.2, 0.25) is 4.34 Å². The third-order valence-electron chi connectivity index (χ3n) is 3.25. The highest BCUT2D eigenvalue weighted by Gasteiger charge is 2.16. The molecule has 0 radical (unpaired) electrons. The minimum Gasteiger partial charge on any atom is -0.378 e. The number of rotatable bonds is 5. The van der Waals surface area contributed by atoms with Crippen molar-refractivity contribution in [3.05, 3.63) is 51.2 Å². The predicted octanol–water partition coefficient (Wildman–Crippen LogP) is 4.13. The van der Waals surface area contributed by atoms with E-state index in [4.69, 9.17) is 11.6 Å². The number of carbonyl (C=O) groups excluding carboxylic acids is 1. The molecule has 1 heterocycles. The number of benzene rings is 1. The van der Waals surface area contributed by atoms with Crippen LogP contribution in [0.3, 0.4) is 0 Å². The van der Waals surface area contributed by atoms with E-state index < -0.39 is 0 Å². The fourth-order valence-electron chi connectivity index (χ4n) is 2.05. The highest BCUT2D eigenvalue weighted by atomic mass is 35.5. The van der Waals surface area contributed by atoms with Crippen molar-refractivity contribution < 1.29 is 4.79 Å². The summed E-state index contributed by atoms with van der Waals surface area (Å²) in [5.41, 5.74) is 1.74. The van der Waals surface area contributed by atoms with Crippen molar-refractivity contribution in [2.45, 2.75) is 13.5 Å². The van der Waals surface area contributed by atoms with Crippen LogP contribution in [0, 0.1) is 0 Å². The first-order valence-corrected chi connectivity index (χ1v) is 8.01. The summed E-state index contributed by atoms with van der Waals surface area (Å²) in [6.07, 6.45) is 0. The Bertz CT molecular complexity index is 624. The largest absolute Gasteiger partial charge is 0.378 e. The van der Waals surface area contributed by atoms with Crippen molar-refractivity contribution in [1.82, 2.24) is 4.90 Å². The molecule has 0 saturated heterocycles. The number of anilines is 1. The molecule has 2 rings (SSSR count). The maximum atomic E-state index is 12.6. The van der Waals surface area contributed by atoms with Crippen LogP contribution in [0.4, 0.5) is 5.69 Å². The molecule has 0 fully saturated rings. The molecular formula is C16H19ClN2OS. The van der Waals surface area contributed by atoms with Crippen LogP contribution in [0.1, 0.15) is 22.2 Å². The minimum absolute atomic E-state index is 0.0470. The minimum atomic E-state index is 0.0470. The summed E-state index contributed by atoms with van der Waals surface area (Å²) in [5, 5.41) is 0. The van der Waals surface area contributed by atoms with E-state index in [2.05, 4.69) is 0 Å². The Hall–Kier alpha value is -1.52. The molecule has 0 saturated carbocycles. The lowest BCUT2D eigenvalue weighted by atomic mass is 10.1. The van der Waals surface area contributed by atoms with E-state index in [1.165, 1.54) is 11.3 Å². The second kappa shape index (κ2) is 6.96. The Morgan fingerprint density at radius 3 is 2.57 bits per heavy atom. The first-order chi connectivity index (χ1) is 10.0. The zero-order valence-electron chi connectivity index (χ0n) is 12.5. The van der Waals surface area contributed by atoms with Crippen molar-refractivity contribution in [1.29, 1.82) is 0 Å². The van der Waals surface area contributed by atoms with Gasteiger partial charge in [-0.2, -0.15) is 0 Å². The maximum Gasteiger partial charge on any atom is 0.254 e. The van der Waals surface area contributed by atoms with E-state index in [1.54, 1.807) is 0 Å². The zero-order valence-corrected chi connectivity index (χ0v) is 14.0. The normalized spacial score (nSPS) is 10.5. The lowest BCUT2D eigenvalue weighted by Crippen LogP contribution is -2.30. The van der Waals surface area contributed by atoms with Gasteiger partial charge in [-0.05, 0) is 37.3 Å². The van der Waals surface area contributed by atoms with Gasteiger partial charge >= 0.3 is 0 Å². The molecular weight excluding hydrogens is 304 g/mol. The summed E-state index contributed by atoms with van der Waals surface area (Å²) < 4.78 is 0.753. The molecule has 5 heteroatoms. The quantitative estimate of drug-likeness (QED) is 0.826. The van der Waals surface area contributed by atoms with Crippen LogP contribution < -0.4 is 4.90 Å². The molecule has 21 heavy (non-hydrogen) atoms. The van der Waals surface area contributed by atoms with Crippen LogP contribution in [-0.2, 0) is 6.54 Å². The van der Waals surface area contributed by atoms with Gasteiger partial charge in [-0.1, -0.05) is 17.7 Å². The summed E-state index contributed by atoms with van der Waals surface area (Å²) in [5.74, 6) is 0.0470. The molecule has 0 aliphatic carbocycles. The van der Waals surface area contributed by atoms with Gasteiger partial charge in [0.25, 0.3) is 5.91 Å². The second-order valence-corrected chi connectivity index (χ2v) is 6.77. The average molecular weight is 323 g/mol. The van der Waals surface area contributed by atoms with Gasteiger partial charge in [0.15, 0.2) is 0 Å². The molecule has 0 unspecified atom stereocenters. The van der Waals surface area contributed by atoms with Gasteiger partial charge in [-0.3, -0.25) is 4.79 Å². The first kappa shape index (κ1) is 15.9. The Morgan fingerprint density at radius 2 is 2.00 bits per heavy atom. The molecule has 3 nitrogen and oxygen atoms in total. The van der Waals surface area contributed by atoms with Crippen LogP contribution in [0.5, 0.6) is 0 Å². The molecule has 0 atom stereocenters. The highest BCUT2D eigenvalue weighted by Crippen LogP contribution is 2.23. The van der Waals surface area contributed by atoms with E-state index in [0.717, 1.165) is 14.9 Å². The number of thiophene rings is 1. The predicted molar refractivity (Wildman–Crippen MR) is 90.5 cm³/mol. The van der Waals surface area contributed by atoms with Gasteiger partial charge < -0.3 is 9.80 Å². The van der Waals surface area contributed by atoms with Crippen LogP contribution in [0.25, 0.3) is 0 Å². The summed E-state index contributed by atoms with van der Waals surface area (Å²) in [7, 11) is 3.93. The lowest BCUT2D eigenvalue weighted by Gasteiger charge is -2.21. The van der Waals surface area contributed by atoms with Crippen molar-refractivity contribution in [3.63, 3.8) is 0 Å². The summed E-state index contributed by atoms with van der Waals surface area (Å²) >= 11 is 7.46. The molecule has 0 aliphatic heterocycles. The standard InChI is InChI=1S/C16H19ClN2OS/c1-4-19(11-14-8-9-15(17)21-14)16(20)12-6-5-7-13(10-12)18(2)3/h5-10H,4,11H2,1-3H3. The van der Waals surface area contributed by atoms with Crippen molar-refractivity contribution in [3.8, 4) is 0 Å². The molecule has 1 aromatic carbocycles. The topological polar surface area (TPSA) is 23.6 Å². The molecule has 0 aliphatic rings. The molecule has 0 bridgehead atoms. The third kappa shape index (κ3) is 3.99. The number of nitrogens with zero attached hydrogens (tertiary/aromatic N) is 2. The maximum absolute atomic E-state index is 12.6. The van der Waals surface area contributed by atoms with E-state index in [9.17, 15) is 4.79 Å². The number of halogens is 1. The number of hydrogen-bond donors (Lipinski definition) is 0. The van der Waals surface area contributed by atoms with Gasteiger partial charge in [-0.15, -0.1) is 11.3 Å². The van der Waals surface area contributed by atoms with E-state index in [-0.39, 0.29) is 5.91 Å². The lowest BCUT2D eigenvalue weighted by molar-refractivity contribution is 0.0754. The molecule has 2 aromatic rings. The third-order valence-corrected chi connectivity index (χ3v) is 4.47. The van der Waals surface area contributed by atoms with Crippen molar-refractivity contribution in [2.24, 2.45) is 0 Å². The van der Waals surface area contributed by atoms with E-state index in [1.807, 2.05) is 67.2 Å². The van der Waals surface area contributed by atoms with Crippen molar-refractivity contribution in [2.75, 3.05) is 25.5 Å². The van der Waals surface area contributed by atoms with Crippen LogP contribution in [0.15, 0.2) is 36.4 Å². The molecule has 112 valence electrons. The number of carbonyl (C=O) groups is 1. The van der Waals surface area contributed by atoms with Gasteiger partial charge in [0.2, 0.25) is 0 Å².